The summed E-state index contributed by atoms with van der Waals surface area (Å²) in [6, 6.07) is 9.40. The van der Waals surface area contributed by atoms with Crippen molar-refractivity contribution in [2.24, 2.45) is 5.92 Å². The number of nitrogens with one attached hydrogen (secondary N) is 2. The van der Waals surface area contributed by atoms with Gasteiger partial charge in [0.15, 0.2) is 11.6 Å². The van der Waals surface area contributed by atoms with Crippen LogP contribution in [0.1, 0.15) is 43.4 Å². The lowest BCUT2D eigenvalue weighted by molar-refractivity contribution is -0.131. The van der Waals surface area contributed by atoms with Crippen LogP contribution in [0.3, 0.4) is 0 Å². The molecule has 0 spiro atoms. The van der Waals surface area contributed by atoms with Crippen molar-refractivity contribution in [3.05, 3.63) is 65.2 Å². The number of hydrogen-bond donors (Lipinski definition) is 2. The highest BCUT2D eigenvalue weighted by Crippen LogP contribution is 2.28. The van der Waals surface area contributed by atoms with Gasteiger partial charge < -0.3 is 15.5 Å². The molecule has 164 valence electrons. The minimum Gasteiger partial charge on any atom is -0.357 e. The van der Waals surface area contributed by atoms with Gasteiger partial charge in [-0.2, -0.15) is 0 Å². The van der Waals surface area contributed by atoms with Crippen LogP contribution in [0.4, 0.5) is 14.5 Å². The number of likely N-dealkylation sites (N-methyl/N-ethyl adjacent to an activating group) is 1. The van der Waals surface area contributed by atoms with Gasteiger partial charge in [0.2, 0.25) is 17.7 Å². The first-order valence-electron chi connectivity index (χ1n) is 10.1. The van der Waals surface area contributed by atoms with Crippen LogP contribution in [0, 0.1) is 17.6 Å². The summed E-state index contributed by atoms with van der Waals surface area (Å²) in [5.41, 5.74) is 1.91. The predicted octanol–water partition coefficient (Wildman–Crippen LogP) is 3.04. The number of amides is 3. The van der Waals surface area contributed by atoms with Crippen molar-refractivity contribution in [2.45, 2.75) is 32.2 Å². The Morgan fingerprint density at radius 1 is 1.06 bits per heavy atom. The van der Waals surface area contributed by atoms with Gasteiger partial charge in [0.25, 0.3) is 0 Å². The van der Waals surface area contributed by atoms with E-state index >= 15 is 0 Å². The molecule has 1 aliphatic rings. The fraction of sp³-hybridized carbons (Fsp3) is 0.348. The SMILES string of the molecule is CNC(=O)C(NC(=O)C1CC(=O)N(c2cccc(C(C)C)c2)C1)c1ccc(F)c(F)c1. The van der Waals surface area contributed by atoms with Crippen molar-refractivity contribution < 1.29 is 23.2 Å². The fourth-order valence-corrected chi connectivity index (χ4v) is 3.58. The van der Waals surface area contributed by atoms with Crippen molar-refractivity contribution in [1.82, 2.24) is 10.6 Å². The Labute approximate surface area is 179 Å². The minimum absolute atomic E-state index is 0.00399. The van der Waals surface area contributed by atoms with Gasteiger partial charge in [-0.15, -0.1) is 0 Å². The second-order valence-corrected chi connectivity index (χ2v) is 7.88. The largest absolute Gasteiger partial charge is 0.357 e. The number of benzene rings is 2. The van der Waals surface area contributed by atoms with Gasteiger partial charge in [0.1, 0.15) is 6.04 Å². The summed E-state index contributed by atoms with van der Waals surface area (Å²) < 4.78 is 26.9. The molecular weight excluding hydrogens is 404 g/mol. The van der Waals surface area contributed by atoms with Crippen LogP contribution in [-0.2, 0) is 14.4 Å². The van der Waals surface area contributed by atoms with E-state index in [4.69, 9.17) is 0 Å². The number of halogens is 2. The van der Waals surface area contributed by atoms with Gasteiger partial charge in [-0.3, -0.25) is 14.4 Å². The molecule has 2 atom stereocenters. The number of nitrogens with zero attached hydrogens (tertiary/aromatic N) is 1. The quantitative estimate of drug-likeness (QED) is 0.741. The molecule has 2 N–H and O–H groups in total. The summed E-state index contributed by atoms with van der Waals surface area (Å²) in [6.45, 7) is 4.28. The maximum absolute atomic E-state index is 13.7. The van der Waals surface area contributed by atoms with E-state index in [2.05, 4.69) is 24.5 Å². The molecule has 0 aliphatic carbocycles. The number of anilines is 1. The number of carbonyl (C=O) groups is 3. The average Bonchev–Trinajstić information content (AvgIpc) is 3.15. The molecule has 3 amide bonds. The summed E-state index contributed by atoms with van der Waals surface area (Å²) in [4.78, 5) is 39.3. The van der Waals surface area contributed by atoms with E-state index < -0.39 is 35.4 Å². The van der Waals surface area contributed by atoms with Gasteiger partial charge >= 0.3 is 0 Å². The van der Waals surface area contributed by atoms with Crippen LogP contribution >= 0.6 is 0 Å². The third-order valence-corrected chi connectivity index (χ3v) is 5.42. The Morgan fingerprint density at radius 2 is 1.81 bits per heavy atom. The van der Waals surface area contributed by atoms with Gasteiger partial charge in [-0.05, 0) is 41.3 Å². The van der Waals surface area contributed by atoms with E-state index in [1.165, 1.54) is 13.1 Å². The van der Waals surface area contributed by atoms with Crippen molar-refractivity contribution in [1.29, 1.82) is 0 Å². The van der Waals surface area contributed by atoms with Crippen molar-refractivity contribution in [2.75, 3.05) is 18.5 Å². The standard InChI is InChI=1S/C23H25F2N3O3/c1-13(2)14-5-4-6-17(9-14)28-12-16(11-20(28)29)22(30)27-21(23(31)26-3)15-7-8-18(24)19(25)10-15/h4-10,13,16,21H,11-12H2,1-3H3,(H,26,31)(H,27,30). The van der Waals surface area contributed by atoms with Crippen LogP contribution in [0.2, 0.25) is 0 Å². The Hall–Kier alpha value is -3.29. The van der Waals surface area contributed by atoms with E-state index in [0.717, 1.165) is 23.4 Å². The first kappa shape index (κ1) is 22.4. The van der Waals surface area contributed by atoms with E-state index in [9.17, 15) is 23.2 Å². The molecule has 1 fully saturated rings. The monoisotopic (exact) mass is 429 g/mol. The molecule has 3 rings (SSSR count). The van der Waals surface area contributed by atoms with Crippen LogP contribution in [0.5, 0.6) is 0 Å². The highest BCUT2D eigenvalue weighted by atomic mass is 19.2. The maximum atomic E-state index is 13.7. The summed E-state index contributed by atoms with van der Waals surface area (Å²) in [5.74, 6) is -3.82. The average molecular weight is 429 g/mol. The third-order valence-electron chi connectivity index (χ3n) is 5.42. The van der Waals surface area contributed by atoms with Crippen LogP contribution in [0.25, 0.3) is 0 Å². The van der Waals surface area contributed by atoms with E-state index in [1.807, 2.05) is 24.3 Å². The molecule has 8 heteroatoms. The normalized spacial score (nSPS) is 17.0. The lowest BCUT2D eigenvalue weighted by atomic mass is 10.0. The molecule has 0 aromatic heterocycles. The fourth-order valence-electron chi connectivity index (χ4n) is 3.58. The van der Waals surface area contributed by atoms with E-state index in [1.54, 1.807) is 4.90 Å². The highest BCUT2D eigenvalue weighted by Gasteiger charge is 2.37. The number of rotatable bonds is 6. The first-order chi connectivity index (χ1) is 14.7. The second kappa shape index (κ2) is 9.24. The highest BCUT2D eigenvalue weighted by molar-refractivity contribution is 6.01. The van der Waals surface area contributed by atoms with Gasteiger partial charge in [-0.1, -0.05) is 32.0 Å². The lowest BCUT2D eigenvalue weighted by Gasteiger charge is -2.21. The summed E-state index contributed by atoms with van der Waals surface area (Å²) in [6.07, 6.45) is -0.00399. The molecule has 2 unspecified atom stereocenters. The zero-order valence-electron chi connectivity index (χ0n) is 17.6. The second-order valence-electron chi connectivity index (χ2n) is 7.88. The molecule has 0 radical (unpaired) electrons. The summed E-state index contributed by atoms with van der Waals surface area (Å²) >= 11 is 0. The van der Waals surface area contributed by atoms with Gasteiger partial charge in [-0.25, -0.2) is 8.78 Å². The predicted molar refractivity (Wildman–Crippen MR) is 112 cm³/mol. The topological polar surface area (TPSA) is 78.5 Å². The Bertz CT molecular complexity index is 1010. The third kappa shape index (κ3) is 4.90. The Kier molecular flexibility index (Phi) is 6.68. The summed E-state index contributed by atoms with van der Waals surface area (Å²) in [7, 11) is 1.38. The molecule has 1 heterocycles. The van der Waals surface area contributed by atoms with Crippen molar-refractivity contribution in [3.63, 3.8) is 0 Å². The molecule has 31 heavy (non-hydrogen) atoms. The molecular formula is C23H25F2N3O3. The van der Waals surface area contributed by atoms with E-state index in [0.29, 0.717) is 5.92 Å². The summed E-state index contributed by atoms with van der Waals surface area (Å²) in [5, 5.41) is 4.98. The number of carbonyl (C=O) groups excluding carboxylic acids is 3. The molecule has 2 aromatic rings. The van der Waals surface area contributed by atoms with Gasteiger partial charge in [0.05, 0.1) is 5.92 Å². The minimum atomic E-state index is -1.21. The Balaban J connectivity index is 1.77. The molecule has 0 bridgehead atoms. The molecule has 6 nitrogen and oxygen atoms in total. The van der Waals surface area contributed by atoms with E-state index in [-0.39, 0.29) is 24.4 Å². The zero-order chi connectivity index (χ0) is 22.7. The lowest BCUT2D eigenvalue weighted by Crippen LogP contribution is -2.42. The Morgan fingerprint density at radius 3 is 2.45 bits per heavy atom. The molecule has 2 aromatic carbocycles. The van der Waals surface area contributed by atoms with Crippen LogP contribution in [-0.4, -0.2) is 31.3 Å². The molecule has 1 saturated heterocycles. The maximum Gasteiger partial charge on any atom is 0.246 e. The smallest absolute Gasteiger partial charge is 0.246 e. The molecule has 1 aliphatic heterocycles. The molecule has 0 saturated carbocycles. The van der Waals surface area contributed by atoms with Crippen LogP contribution < -0.4 is 15.5 Å². The number of hydrogen-bond acceptors (Lipinski definition) is 3. The van der Waals surface area contributed by atoms with Crippen molar-refractivity contribution >= 4 is 23.4 Å². The van der Waals surface area contributed by atoms with Crippen molar-refractivity contribution in [3.8, 4) is 0 Å². The van der Waals surface area contributed by atoms with Crippen LogP contribution in [0.15, 0.2) is 42.5 Å². The van der Waals surface area contributed by atoms with Gasteiger partial charge in [0, 0.05) is 25.7 Å². The zero-order valence-corrected chi connectivity index (χ0v) is 17.6. The first-order valence-corrected chi connectivity index (χ1v) is 10.1.